The van der Waals surface area contributed by atoms with Crippen LogP contribution in [0.3, 0.4) is 0 Å². The first-order valence-electron chi connectivity index (χ1n) is 4.48. The predicted molar refractivity (Wildman–Crippen MR) is 59.6 cm³/mol. The van der Waals surface area contributed by atoms with Crippen LogP contribution in [-0.4, -0.2) is 15.1 Å². The number of aliphatic hydroxyl groups excluding tert-OH is 1. The number of hydrogen-bond acceptors (Lipinski definition) is 5. The third-order valence-electron chi connectivity index (χ3n) is 2.06. The van der Waals surface area contributed by atoms with E-state index in [0.717, 1.165) is 16.1 Å². The third kappa shape index (κ3) is 2.14. The van der Waals surface area contributed by atoms with Crippen molar-refractivity contribution in [3.63, 3.8) is 0 Å². The molecule has 0 aliphatic heterocycles. The molecule has 0 radical (unpaired) electrons. The molecule has 0 spiro atoms. The molecule has 2 aromatic rings. The van der Waals surface area contributed by atoms with Gasteiger partial charge in [0, 0.05) is 23.7 Å². The number of aromatic nitrogens is 2. The van der Waals surface area contributed by atoms with Gasteiger partial charge in [-0.3, -0.25) is 4.98 Å². The van der Waals surface area contributed by atoms with Crippen molar-refractivity contribution in [3.05, 3.63) is 40.7 Å². The first-order valence-corrected chi connectivity index (χ1v) is 5.30. The van der Waals surface area contributed by atoms with Crippen LogP contribution in [0.5, 0.6) is 0 Å². The second-order valence-corrected chi connectivity index (χ2v) is 4.33. The van der Waals surface area contributed by atoms with Crippen LogP contribution >= 0.6 is 11.3 Å². The van der Waals surface area contributed by atoms with Gasteiger partial charge in [-0.05, 0) is 13.0 Å². The molecule has 0 bridgehead atoms. The molecule has 1 unspecified atom stereocenters. The van der Waals surface area contributed by atoms with Crippen LogP contribution in [0.4, 0.5) is 5.13 Å². The Morgan fingerprint density at radius 3 is 2.67 bits per heavy atom. The minimum Gasteiger partial charge on any atom is -0.383 e. The summed E-state index contributed by atoms with van der Waals surface area (Å²) in [7, 11) is 0. The molecule has 2 heterocycles. The Morgan fingerprint density at radius 1 is 1.33 bits per heavy atom. The molecule has 0 aliphatic carbocycles. The van der Waals surface area contributed by atoms with E-state index < -0.39 is 6.10 Å². The lowest BCUT2D eigenvalue weighted by atomic mass is 10.1. The monoisotopic (exact) mass is 221 g/mol. The van der Waals surface area contributed by atoms with Crippen LogP contribution in [0.25, 0.3) is 0 Å². The smallest absolute Gasteiger partial charge is 0.180 e. The number of nitrogens with zero attached hydrogens (tertiary/aromatic N) is 2. The third-order valence-corrected chi connectivity index (χ3v) is 2.94. The molecular weight excluding hydrogens is 210 g/mol. The van der Waals surface area contributed by atoms with E-state index in [9.17, 15) is 5.11 Å². The fourth-order valence-corrected chi connectivity index (χ4v) is 1.93. The van der Waals surface area contributed by atoms with Crippen molar-refractivity contribution in [1.29, 1.82) is 0 Å². The maximum atomic E-state index is 9.97. The topological polar surface area (TPSA) is 72.0 Å². The maximum absolute atomic E-state index is 9.97. The van der Waals surface area contributed by atoms with Gasteiger partial charge in [0.05, 0.1) is 4.88 Å². The number of anilines is 1. The minimum absolute atomic E-state index is 0.462. The standard InChI is InChI=1S/C10H11N3OS/c1-6-2-3-7(4-12-6)9(14)8-5-13-10(11)15-8/h2-5,9,14H,1H3,(H2,11,13). The highest BCUT2D eigenvalue weighted by molar-refractivity contribution is 7.15. The molecule has 15 heavy (non-hydrogen) atoms. The number of aryl methyl sites for hydroxylation is 1. The van der Waals surface area contributed by atoms with Gasteiger partial charge in [-0.25, -0.2) is 4.98 Å². The largest absolute Gasteiger partial charge is 0.383 e. The molecule has 0 aromatic carbocycles. The SMILES string of the molecule is Cc1ccc(C(O)c2cnc(N)s2)cn1. The normalized spacial score (nSPS) is 12.7. The van der Waals surface area contributed by atoms with Crippen LogP contribution in [-0.2, 0) is 0 Å². The Morgan fingerprint density at radius 2 is 2.13 bits per heavy atom. The summed E-state index contributed by atoms with van der Waals surface area (Å²) in [4.78, 5) is 8.76. The first kappa shape index (κ1) is 10.1. The molecule has 0 saturated carbocycles. The zero-order chi connectivity index (χ0) is 10.8. The van der Waals surface area contributed by atoms with Crippen molar-refractivity contribution in [2.45, 2.75) is 13.0 Å². The zero-order valence-electron chi connectivity index (χ0n) is 8.21. The van der Waals surface area contributed by atoms with Gasteiger partial charge in [-0.15, -0.1) is 0 Å². The molecular formula is C10H11N3OS. The van der Waals surface area contributed by atoms with Crippen LogP contribution in [0, 0.1) is 6.92 Å². The Bertz CT molecular complexity index is 452. The van der Waals surface area contributed by atoms with Crippen molar-refractivity contribution < 1.29 is 5.11 Å². The minimum atomic E-state index is -0.687. The summed E-state index contributed by atoms with van der Waals surface area (Å²) in [6, 6.07) is 3.71. The Balaban J connectivity index is 2.28. The number of pyridine rings is 1. The number of hydrogen-bond donors (Lipinski definition) is 2. The lowest BCUT2D eigenvalue weighted by Gasteiger charge is -2.07. The number of thiazole rings is 1. The average Bonchev–Trinajstić information content (AvgIpc) is 2.65. The Labute approximate surface area is 91.4 Å². The van der Waals surface area contributed by atoms with Gasteiger partial charge in [0.2, 0.25) is 0 Å². The highest BCUT2D eigenvalue weighted by Gasteiger charge is 2.13. The fourth-order valence-electron chi connectivity index (χ4n) is 1.23. The molecule has 2 aromatic heterocycles. The molecule has 0 amide bonds. The van der Waals surface area contributed by atoms with Crippen molar-refractivity contribution in [2.24, 2.45) is 0 Å². The lowest BCUT2D eigenvalue weighted by molar-refractivity contribution is 0.223. The highest BCUT2D eigenvalue weighted by Crippen LogP contribution is 2.27. The molecule has 0 fully saturated rings. The molecule has 0 saturated heterocycles. The Kier molecular flexibility index (Phi) is 2.66. The Hall–Kier alpha value is -1.46. The molecule has 3 N–H and O–H groups in total. The van der Waals surface area contributed by atoms with Gasteiger partial charge >= 0.3 is 0 Å². The van der Waals surface area contributed by atoms with Gasteiger partial charge in [0.1, 0.15) is 6.10 Å². The second kappa shape index (κ2) is 3.96. The van der Waals surface area contributed by atoms with Gasteiger partial charge < -0.3 is 10.8 Å². The zero-order valence-corrected chi connectivity index (χ0v) is 9.03. The summed E-state index contributed by atoms with van der Waals surface area (Å²) in [6.07, 6.45) is 2.56. The highest BCUT2D eigenvalue weighted by atomic mass is 32.1. The maximum Gasteiger partial charge on any atom is 0.180 e. The fraction of sp³-hybridized carbons (Fsp3) is 0.200. The molecule has 2 rings (SSSR count). The van der Waals surface area contributed by atoms with E-state index in [1.165, 1.54) is 11.3 Å². The van der Waals surface area contributed by atoms with Crippen molar-refractivity contribution in [1.82, 2.24) is 9.97 Å². The van der Waals surface area contributed by atoms with Crippen LogP contribution < -0.4 is 5.73 Å². The summed E-state index contributed by atoms with van der Waals surface area (Å²) in [5.41, 5.74) is 7.18. The van der Waals surface area contributed by atoms with Crippen LogP contribution in [0.2, 0.25) is 0 Å². The average molecular weight is 221 g/mol. The lowest BCUT2D eigenvalue weighted by Crippen LogP contribution is -1.98. The van der Waals surface area contributed by atoms with Crippen LogP contribution in [0.1, 0.15) is 22.2 Å². The van der Waals surface area contributed by atoms with E-state index in [2.05, 4.69) is 9.97 Å². The number of rotatable bonds is 2. The van der Waals surface area contributed by atoms with E-state index >= 15 is 0 Å². The van der Waals surface area contributed by atoms with E-state index in [4.69, 9.17) is 5.73 Å². The van der Waals surface area contributed by atoms with Gasteiger partial charge in [-0.1, -0.05) is 17.4 Å². The van der Waals surface area contributed by atoms with Gasteiger partial charge in [0.15, 0.2) is 5.13 Å². The van der Waals surface area contributed by atoms with Crippen molar-refractivity contribution in [3.8, 4) is 0 Å². The van der Waals surface area contributed by atoms with E-state index in [1.807, 2.05) is 19.1 Å². The first-order chi connectivity index (χ1) is 7.16. The molecule has 5 heteroatoms. The number of nitrogens with two attached hydrogens (primary N) is 1. The van der Waals surface area contributed by atoms with Crippen molar-refractivity contribution in [2.75, 3.05) is 5.73 Å². The quantitative estimate of drug-likeness (QED) is 0.806. The van der Waals surface area contributed by atoms with Crippen LogP contribution in [0.15, 0.2) is 24.5 Å². The van der Waals surface area contributed by atoms with Gasteiger partial charge in [0.25, 0.3) is 0 Å². The number of nitrogen functional groups attached to an aromatic ring is 1. The molecule has 0 aliphatic rings. The van der Waals surface area contributed by atoms with E-state index in [-0.39, 0.29) is 0 Å². The summed E-state index contributed by atoms with van der Waals surface area (Å²) < 4.78 is 0. The van der Waals surface area contributed by atoms with E-state index in [1.54, 1.807) is 12.4 Å². The summed E-state index contributed by atoms with van der Waals surface area (Å²) in [5.74, 6) is 0. The predicted octanol–water partition coefficient (Wildman–Crippen LogP) is 1.51. The summed E-state index contributed by atoms with van der Waals surface area (Å²) >= 11 is 1.28. The second-order valence-electron chi connectivity index (χ2n) is 3.24. The van der Waals surface area contributed by atoms with Crippen molar-refractivity contribution >= 4 is 16.5 Å². The number of aliphatic hydroxyl groups is 1. The summed E-state index contributed by atoms with van der Waals surface area (Å²) in [5, 5.41) is 10.4. The van der Waals surface area contributed by atoms with E-state index in [0.29, 0.717) is 5.13 Å². The van der Waals surface area contributed by atoms with Gasteiger partial charge in [-0.2, -0.15) is 0 Å². The molecule has 78 valence electrons. The summed E-state index contributed by atoms with van der Waals surface area (Å²) in [6.45, 7) is 1.90. The molecule has 1 atom stereocenters. The molecule has 4 nitrogen and oxygen atoms in total.